The van der Waals surface area contributed by atoms with E-state index < -0.39 is 29.7 Å². The Hall–Kier alpha value is -2.09. The Labute approximate surface area is 124 Å². The summed E-state index contributed by atoms with van der Waals surface area (Å²) in [7, 11) is 0. The molecule has 0 spiro atoms. The average Bonchev–Trinajstić information content (AvgIpc) is 2.43. The smallest absolute Gasteiger partial charge is 0.416 e. The fraction of sp³-hybridized carbons (Fsp3) is 0.429. The summed E-state index contributed by atoms with van der Waals surface area (Å²) >= 11 is 0. The Balaban J connectivity index is 2.79. The molecule has 1 aromatic rings. The third kappa shape index (κ3) is 5.72. The van der Waals surface area contributed by atoms with Crippen LogP contribution in [0.25, 0.3) is 0 Å². The average molecular weight is 319 g/mol. The highest BCUT2D eigenvalue weighted by Crippen LogP contribution is 2.29. The van der Waals surface area contributed by atoms with Crippen LogP contribution in [0.2, 0.25) is 0 Å². The second-order valence-corrected chi connectivity index (χ2v) is 4.69. The molecule has 1 amide bonds. The highest BCUT2D eigenvalue weighted by atomic mass is 19.4. The number of alkyl halides is 3. The van der Waals surface area contributed by atoms with Gasteiger partial charge in [-0.2, -0.15) is 13.2 Å². The van der Waals surface area contributed by atoms with Crippen molar-refractivity contribution in [2.45, 2.75) is 31.5 Å². The molecule has 0 saturated carbocycles. The maximum absolute atomic E-state index is 12.6. The summed E-state index contributed by atoms with van der Waals surface area (Å²) in [4.78, 5) is 22.6. The van der Waals surface area contributed by atoms with E-state index >= 15 is 0 Å². The largest absolute Gasteiger partial charge is 0.480 e. The Morgan fingerprint density at radius 2 is 1.95 bits per heavy atom. The number of hydrogen-bond acceptors (Lipinski definition) is 3. The van der Waals surface area contributed by atoms with Crippen molar-refractivity contribution in [1.82, 2.24) is 5.32 Å². The number of amides is 1. The molecule has 5 nitrogen and oxygen atoms in total. The fourth-order valence-corrected chi connectivity index (χ4v) is 1.82. The topological polar surface area (TPSA) is 86.6 Å². The van der Waals surface area contributed by atoms with Gasteiger partial charge in [0.25, 0.3) is 0 Å². The van der Waals surface area contributed by atoms with Crippen molar-refractivity contribution in [3.63, 3.8) is 0 Å². The number of carboxylic acids is 1. The Bertz CT molecular complexity index is 531. The quantitative estimate of drug-likeness (QED) is 0.712. The molecule has 122 valence electrons. The van der Waals surface area contributed by atoms with E-state index in [0.717, 1.165) is 12.1 Å². The van der Waals surface area contributed by atoms with Crippen molar-refractivity contribution in [3.8, 4) is 0 Å². The van der Waals surface area contributed by atoms with E-state index in [-0.39, 0.29) is 31.4 Å². The Morgan fingerprint density at radius 3 is 2.50 bits per heavy atom. The molecule has 0 aliphatic heterocycles. The summed E-state index contributed by atoms with van der Waals surface area (Å²) in [5.41, 5.74) is -0.717. The summed E-state index contributed by atoms with van der Waals surface area (Å²) in [6, 6.07) is 2.97. The highest BCUT2D eigenvalue weighted by Gasteiger charge is 2.30. The highest BCUT2D eigenvalue weighted by molar-refractivity contribution is 5.83. The van der Waals surface area contributed by atoms with Gasteiger partial charge in [-0.3, -0.25) is 4.79 Å². The van der Waals surface area contributed by atoms with Crippen LogP contribution in [0.5, 0.6) is 0 Å². The minimum Gasteiger partial charge on any atom is -0.480 e. The number of nitrogens with one attached hydrogen (secondary N) is 1. The summed E-state index contributed by atoms with van der Waals surface area (Å²) in [5, 5.41) is 19.9. The molecule has 0 fully saturated rings. The van der Waals surface area contributed by atoms with E-state index in [0.29, 0.717) is 0 Å². The van der Waals surface area contributed by atoms with Crippen molar-refractivity contribution < 1.29 is 33.0 Å². The monoisotopic (exact) mass is 319 g/mol. The standard InChI is InChI=1S/C14H16F3NO4/c15-14(16,17)10-4-1-3-9(7-10)8-11(13(21)22)18-12(20)5-2-6-19/h1,3-4,7,11,19H,2,5-6,8H2,(H,18,20)(H,21,22)/t11-/m1/s1. The van der Waals surface area contributed by atoms with E-state index in [1.165, 1.54) is 12.1 Å². The number of aliphatic carboxylic acids is 1. The molecule has 0 heterocycles. The molecule has 1 atom stereocenters. The van der Waals surface area contributed by atoms with Crippen LogP contribution in [0.15, 0.2) is 24.3 Å². The summed E-state index contributed by atoms with van der Waals surface area (Å²) < 4.78 is 37.8. The number of carbonyl (C=O) groups is 2. The summed E-state index contributed by atoms with van der Waals surface area (Å²) in [6.07, 6.45) is -4.65. The van der Waals surface area contributed by atoms with Crippen molar-refractivity contribution in [1.29, 1.82) is 0 Å². The van der Waals surface area contributed by atoms with Crippen molar-refractivity contribution in [3.05, 3.63) is 35.4 Å². The molecule has 0 unspecified atom stereocenters. The van der Waals surface area contributed by atoms with Gasteiger partial charge < -0.3 is 15.5 Å². The molecule has 0 radical (unpaired) electrons. The van der Waals surface area contributed by atoms with Gasteiger partial charge in [0.1, 0.15) is 6.04 Å². The fourth-order valence-electron chi connectivity index (χ4n) is 1.82. The molecule has 1 aromatic carbocycles. The molecule has 0 aromatic heterocycles. The van der Waals surface area contributed by atoms with Gasteiger partial charge in [0, 0.05) is 19.4 Å². The lowest BCUT2D eigenvalue weighted by molar-refractivity contribution is -0.141. The molecule has 8 heteroatoms. The predicted molar refractivity (Wildman–Crippen MR) is 71.0 cm³/mol. The van der Waals surface area contributed by atoms with Gasteiger partial charge in [-0.15, -0.1) is 0 Å². The van der Waals surface area contributed by atoms with Gasteiger partial charge in [0.15, 0.2) is 0 Å². The zero-order chi connectivity index (χ0) is 16.8. The number of carboxylic acid groups (broad SMARTS) is 1. The first-order chi connectivity index (χ1) is 10.2. The van der Waals surface area contributed by atoms with E-state index in [1.54, 1.807) is 0 Å². The zero-order valence-corrected chi connectivity index (χ0v) is 11.6. The lowest BCUT2D eigenvalue weighted by Gasteiger charge is -2.15. The maximum Gasteiger partial charge on any atom is 0.416 e. The second kappa shape index (κ2) is 7.79. The van der Waals surface area contributed by atoms with Crippen molar-refractivity contribution >= 4 is 11.9 Å². The van der Waals surface area contributed by atoms with E-state index in [4.69, 9.17) is 10.2 Å². The zero-order valence-electron chi connectivity index (χ0n) is 11.6. The predicted octanol–water partition coefficient (Wildman–Crippen LogP) is 1.59. The number of carbonyl (C=O) groups excluding carboxylic acids is 1. The van der Waals surface area contributed by atoms with Gasteiger partial charge >= 0.3 is 12.1 Å². The van der Waals surface area contributed by atoms with Crippen LogP contribution < -0.4 is 5.32 Å². The van der Waals surface area contributed by atoms with Gasteiger partial charge in [-0.05, 0) is 18.1 Å². The van der Waals surface area contributed by atoms with Crippen LogP contribution in [-0.4, -0.2) is 34.7 Å². The van der Waals surface area contributed by atoms with Gasteiger partial charge in [-0.1, -0.05) is 18.2 Å². The molecule has 0 saturated heterocycles. The van der Waals surface area contributed by atoms with Crippen LogP contribution in [0.1, 0.15) is 24.0 Å². The minimum absolute atomic E-state index is 0.0527. The van der Waals surface area contributed by atoms with Crippen LogP contribution in [0.3, 0.4) is 0 Å². The Morgan fingerprint density at radius 1 is 1.27 bits per heavy atom. The first kappa shape index (κ1) is 18.0. The normalized spacial score (nSPS) is 12.7. The van der Waals surface area contributed by atoms with Crippen LogP contribution in [0.4, 0.5) is 13.2 Å². The number of halogens is 3. The first-order valence-electron chi connectivity index (χ1n) is 6.53. The molecule has 0 aliphatic rings. The van der Waals surface area contributed by atoms with E-state index in [9.17, 15) is 22.8 Å². The third-order valence-electron chi connectivity index (χ3n) is 2.89. The van der Waals surface area contributed by atoms with Gasteiger partial charge in [-0.25, -0.2) is 4.79 Å². The number of benzene rings is 1. The number of aliphatic hydroxyl groups is 1. The van der Waals surface area contributed by atoms with Crippen molar-refractivity contribution in [2.75, 3.05) is 6.61 Å². The minimum atomic E-state index is -4.51. The summed E-state index contributed by atoms with van der Waals surface area (Å²) in [6.45, 7) is -0.210. The second-order valence-electron chi connectivity index (χ2n) is 4.69. The molecule has 0 bridgehead atoms. The number of aliphatic hydroxyl groups excluding tert-OH is 1. The summed E-state index contributed by atoms with van der Waals surface area (Å²) in [5.74, 6) is -1.91. The number of hydrogen-bond donors (Lipinski definition) is 3. The van der Waals surface area contributed by atoms with Crippen LogP contribution in [0, 0.1) is 0 Å². The molecule has 22 heavy (non-hydrogen) atoms. The van der Waals surface area contributed by atoms with Crippen molar-refractivity contribution in [2.24, 2.45) is 0 Å². The molecular formula is C14H16F3NO4. The van der Waals surface area contributed by atoms with Crippen LogP contribution >= 0.6 is 0 Å². The molecule has 0 aliphatic carbocycles. The molecule has 1 rings (SSSR count). The lowest BCUT2D eigenvalue weighted by atomic mass is 10.0. The SMILES string of the molecule is O=C(CCCO)N[C@H](Cc1cccc(C(F)(F)F)c1)C(=O)O. The van der Waals surface area contributed by atoms with E-state index in [2.05, 4.69) is 5.32 Å². The molecular weight excluding hydrogens is 303 g/mol. The van der Waals surface area contributed by atoms with Crippen LogP contribution in [-0.2, 0) is 22.2 Å². The van der Waals surface area contributed by atoms with E-state index in [1.807, 2.05) is 0 Å². The lowest BCUT2D eigenvalue weighted by Crippen LogP contribution is -2.42. The maximum atomic E-state index is 12.6. The first-order valence-corrected chi connectivity index (χ1v) is 6.53. The van der Waals surface area contributed by atoms with Gasteiger partial charge in [0.05, 0.1) is 5.56 Å². The van der Waals surface area contributed by atoms with Gasteiger partial charge in [0.2, 0.25) is 5.91 Å². The number of rotatable bonds is 7. The molecule has 3 N–H and O–H groups in total. The third-order valence-corrected chi connectivity index (χ3v) is 2.89. The Kier molecular flexibility index (Phi) is 6.36.